The molecule has 1 aromatic heterocycles. The molecular weight excluding hydrogens is 266 g/mol. The second-order valence-electron chi connectivity index (χ2n) is 5.26. The number of carbonyl (C=O) groups excluding carboxylic acids is 1. The molecule has 21 heavy (non-hydrogen) atoms. The van der Waals surface area contributed by atoms with Gasteiger partial charge in [-0.3, -0.25) is 4.79 Å². The van der Waals surface area contributed by atoms with Crippen molar-refractivity contribution < 1.29 is 13.9 Å². The van der Waals surface area contributed by atoms with Crippen LogP contribution in [-0.4, -0.2) is 19.1 Å². The zero-order valence-electron chi connectivity index (χ0n) is 12.7. The highest BCUT2D eigenvalue weighted by atomic mass is 16.5. The van der Waals surface area contributed by atoms with Gasteiger partial charge in [0.25, 0.3) is 5.91 Å². The SMILES string of the molecule is Cc1ccoc1C(=O)NCCOc1ccc(C(C)C)cc1. The quantitative estimate of drug-likeness (QED) is 0.827. The molecule has 0 aliphatic carbocycles. The van der Waals surface area contributed by atoms with Gasteiger partial charge in [0.1, 0.15) is 12.4 Å². The predicted molar refractivity (Wildman–Crippen MR) is 81.8 cm³/mol. The number of aryl methyl sites for hydroxylation is 1. The molecule has 0 bridgehead atoms. The molecule has 2 rings (SSSR count). The van der Waals surface area contributed by atoms with Crippen molar-refractivity contribution in [2.45, 2.75) is 26.7 Å². The average molecular weight is 287 g/mol. The normalized spacial score (nSPS) is 10.7. The molecule has 1 amide bonds. The van der Waals surface area contributed by atoms with Crippen LogP contribution in [0, 0.1) is 6.92 Å². The molecule has 1 aromatic carbocycles. The number of furan rings is 1. The molecule has 0 atom stereocenters. The maximum Gasteiger partial charge on any atom is 0.287 e. The molecule has 4 heteroatoms. The molecule has 0 unspecified atom stereocenters. The smallest absolute Gasteiger partial charge is 0.287 e. The molecule has 0 aliphatic rings. The van der Waals surface area contributed by atoms with Crippen molar-refractivity contribution in [2.75, 3.05) is 13.2 Å². The van der Waals surface area contributed by atoms with Gasteiger partial charge in [-0.05, 0) is 36.6 Å². The first-order valence-corrected chi connectivity index (χ1v) is 7.13. The second kappa shape index (κ2) is 6.97. The Labute approximate surface area is 125 Å². The summed E-state index contributed by atoms with van der Waals surface area (Å²) in [5, 5.41) is 2.77. The Bertz CT molecular complexity index is 584. The Morgan fingerprint density at radius 1 is 1.24 bits per heavy atom. The first-order valence-electron chi connectivity index (χ1n) is 7.13. The van der Waals surface area contributed by atoms with Crippen molar-refractivity contribution in [1.29, 1.82) is 0 Å². The van der Waals surface area contributed by atoms with Crippen molar-refractivity contribution in [2.24, 2.45) is 0 Å². The van der Waals surface area contributed by atoms with E-state index >= 15 is 0 Å². The van der Waals surface area contributed by atoms with E-state index in [0.29, 0.717) is 24.8 Å². The minimum absolute atomic E-state index is 0.212. The Hall–Kier alpha value is -2.23. The third-order valence-electron chi connectivity index (χ3n) is 3.27. The summed E-state index contributed by atoms with van der Waals surface area (Å²) in [6, 6.07) is 9.79. The number of carbonyl (C=O) groups is 1. The average Bonchev–Trinajstić information content (AvgIpc) is 2.90. The fourth-order valence-corrected chi connectivity index (χ4v) is 1.97. The van der Waals surface area contributed by atoms with E-state index in [2.05, 4.69) is 31.3 Å². The highest BCUT2D eigenvalue weighted by molar-refractivity contribution is 5.92. The fraction of sp³-hybridized carbons (Fsp3) is 0.353. The molecule has 2 aromatic rings. The third-order valence-corrected chi connectivity index (χ3v) is 3.27. The second-order valence-corrected chi connectivity index (χ2v) is 5.26. The topological polar surface area (TPSA) is 51.5 Å². The summed E-state index contributed by atoms with van der Waals surface area (Å²) in [5.41, 5.74) is 2.11. The van der Waals surface area contributed by atoms with Gasteiger partial charge in [-0.25, -0.2) is 0 Å². The Kier molecular flexibility index (Phi) is 5.04. The van der Waals surface area contributed by atoms with Gasteiger partial charge in [0.2, 0.25) is 0 Å². The van der Waals surface area contributed by atoms with Gasteiger partial charge in [-0.1, -0.05) is 26.0 Å². The van der Waals surface area contributed by atoms with Crippen LogP contribution < -0.4 is 10.1 Å². The van der Waals surface area contributed by atoms with Crippen LogP contribution in [0.25, 0.3) is 0 Å². The fourth-order valence-electron chi connectivity index (χ4n) is 1.97. The largest absolute Gasteiger partial charge is 0.492 e. The minimum Gasteiger partial charge on any atom is -0.492 e. The molecule has 1 heterocycles. The number of benzene rings is 1. The molecular formula is C17H21NO3. The number of hydrogen-bond donors (Lipinski definition) is 1. The predicted octanol–water partition coefficient (Wildman–Crippen LogP) is 3.52. The van der Waals surface area contributed by atoms with E-state index in [-0.39, 0.29) is 5.91 Å². The molecule has 0 radical (unpaired) electrons. The maximum atomic E-state index is 11.8. The Morgan fingerprint density at radius 2 is 1.95 bits per heavy atom. The monoisotopic (exact) mass is 287 g/mol. The van der Waals surface area contributed by atoms with E-state index in [1.807, 2.05) is 19.1 Å². The van der Waals surface area contributed by atoms with Crippen molar-refractivity contribution in [3.05, 3.63) is 53.5 Å². The van der Waals surface area contributed by atoms with Gasteiger partial charge in [-0.2, -0.15) is 0 Å². The number of hydrogen-bond acceptors (Lipinski definition) is 3. The van der Waals surface area contributed by atoms with Gasteiger partial charge < -0.3 is 14.5 Å². The summed E-state index contributed by atoms with van der Waals surface area (Å²) < 4.78 is 10.7. The van der Waals surface area contributed by atoms with Crippen molar-refractivity contribution in [3.63, 3.8) is 0 Å². The molecule has 0 saturated heterocycles. The molecule has 112 valence electrons. The number of rotatable bonds is 6. The van der Waals surface area contributed by atoms with E-state index in [9.17, 15) is 4.79 Å². The van der Waals surface area contributed by atoms with E-state index in [4.69, 9.17) is 9.15 Å². The summed E-state index contributed by atoms with van der Waals surface area (Å²) in [6.45, 7) is 7.01. The van der Waals surface area contributed by atoms with Gasteiger partial charge in [-0.15, -0.1) is 0 Å². The lowest BCUT2D eigenvalue weighted by Gasteiger charge is -2.09. The highest BCUT2D eigenvalue weighted by Crippen LogP contribution is 2.18. The summed E-state index contributed by atoms with van der Waals surface area (Å²) in [7, 11) is 0. The van der Waals surface area contributed by atoms with E-state index in [0.717, 1.165) is 11.3 Å². The lowest BCUT2D eigenvalue weighted by molar-refractivity contribution is 0.0918. The van der Waals surface area contributed by atoms with Crippen LogP contribution in [0.15, 0.2) is 41.0 Å². The van der Waals surface area contributed by atoms with Crippen LogP contribution in [0.3, 0.4) is 0 Å². The van der Waals surface area contributed by atoms with E-state index in [1.54, 1.807) is 6.07 Å². The number of nitrogens with one attached hydrogen (secondary N) is 1. The van der Waals surface area contributed by atoms with Gasteiger partial charge in [0.05, 0.1) is 12.8 Å². The lowest BCUT2D eigenvalue weighted by atomic mass is 10.0. The molecule has 0 fully saturated rings. The van der Waals surface area contributed by atoms with Crippen LogP contribution in [0.5, 0.6) is 5.75 Å². The summed E-state index contributed by atoms with van der Waals surface area (Å²) in [6.07, 6.45) is 1.51. The summed E-state index contributed by atoms with van der Waals surface area (Å²) in [5.74, 6) is 1.46. The van der Waals surface area contributed by atoms with Crippen LogP contribution >= 0.6 is 0 Å². The zero-order valence-corrected chi connectivity index (χ0v) is 12.7. The van der Waals surface area contributed by atoms with Crippen molar-refractivity contribution in [3.8, 4) is 5.75 Å². The molecule has 0 aliphatic heterocycles. The minimum atomic E-state index is -0.212. The Balaban J connectivity index is 1.75. The van der Waals surface area contributed by atoms with Crippen LogP contribution in [0.4, 0.5) is 0 Å². The van der Waals surface area contributed by atoms with Crippen LogP contribution in [0.2, 0.25) is 0 Å². The third kappa shape index (κ3) is 4.12. The first kappa shape index (κ1) is 15.2. The van der Waals surface area contributed by atoms with Gasteiger partial charge >= 0.3 is 0 Å². The molecule has 0 spiro atoms. The molecule has 1 N–H and O–H groups in total. The lowest BCUT2D eigenvalue weighted by Crippen LogP contribution is -2.28. The van der Waals surface area contributed by atoms with Crippen molar-refractivity contribution >= 4 is 5.91 Å². The Morgan fingerprint density at radius 3 is 2.52 bits per heavy atom. The number of ether oxygens (including phenoxy) is 1. The van der Waals surface area contributed by atoms with Crippen molar-refractivity contribution in [1.82, 2.24) is 5.32 Å². The van der Waals surface area contributed by atoms with Crippen LogP contribution in [0.1, 0.15) is 41.4 Å². The summed E-state index contributed by atoms with van der Waals surface area (Å²) >= 11 is 0. The molecule has 4 nitrogen and oxygen atoms in total. The van der Waals surface area contributed by atoms with Gasteiger partial charge in [0.15, 0.2) is 5.76 Å². The zero-order chi connectivity index (χ0) is 15.2. The first-order chi connectivity index (χ1) is 10.1. The van der Waals surface area contributed by atoms with Crippen LogP contribution in [-0.2, 0) is 0 Å². The summed E-state index contributed by atoms with van der Waals surface area (Å²) in [4.78, 5) is 11.8. The standard InChI is InChI=1S/C17H21NO3/c1-12(2)14-4-6-15(7-5-14)20-11-9-18-17(19)16-13(3)8-10-21-16/h4-8,10,12H,9,11H2,1-3H3,(H,18,19). The number of amides is 1. The van der Waals surface area contributed by atoms with E-state index < -0.39 is 0 Å². The maximum absolute atomic E-state index is 11.8. The van der Waals surface area contributed by atoms with Gasteiger partial charge in [0, 0.05) is 5.56 Å². The highest BCUT2D eigenvalue weighted by Gasteiger charge is 2.11. The van der Waals surface area contributed by atoms with E-state index in [1.165, 1.54) is 11.8 Å². The molecule has 0 saturated carbocycles.